The van der Waals surface area contributed by atoms with E-state index >= 15 is 0 Å². The fourth-order valence-corrected chi connectivity index (χ4v) is 3.84. The number of amides is 4. The molecule has 0 saturated carbocycles. The predicted octanol–water partition coefficient (Wildman–Crippen LogP) is 2.37. The number of anilines is 1. The van der Waals surface area contributed by atoms with Crippen LogP contribution in [0.15, 0.2) is 36.4 Å². The van der Waals surface area contributed by atoms with Crippen molar-refractivity contribution >= 4 is 35.1 Å². The third kappa shape index (κ3) is 2.20. The van der Waals surface area contributed by atoms with Gasteiger partial charge in [0.1, 0.15) is 5.82 Å². The van der Waals surface area contributed by atoms with Crippen molar-refractivity contribution < 1.29 is 18.8 Å². The predicted molar refractivity (Wildman–Crippen MR) is 92.1 cm³/mol. The number of urea groups is 1. The summed E-state index contributed by atoms with van der Waals surface area (Å²) in [6.07, 6.45) is 0. The van der Waals surface area contributed by atoms with E-state index in [1.165, 1.54) is 23.1 Å². The Morgan fingerprint density at radius 3 is 2.62 bits per heavy atom. The number of imide groups is 1. The number of carbonyl (C=O) groups excluding carboxylic acids is 3. The van der Waals surface area contributed by atoms with Crippen LogP contribution in [0.3, 0.4) is 0 Å². The molecule has 2 aromatic carbocycles. The van der Waals surface area contributed by atoms with E-state index in [2.05, 4.69) is 10.6 Å². The van der Waals surface area contributed by atoms with Gasteiger partial charge in [-0.05, 0) is 42.3 Å². The van der Waals surface area contributed by atoms with Gasteiger partial charge in [-0.15, -0.1) is 0 Å². The second kappa shape index (κ2) is 5.54. The lowest BCUT2D eigenvalue weighted by molar-refractivity contribution is -0.134. The molecule has 132 valence electrons. The van der Waals surface area contributed by atoms with Gasteiger partial charge in [0.2, 0.25) is 5.54 Å². The van der Waals surface area contributed by atoms with Crippen molar-refractivity contribution in [3.63, 3.8) is 0 Å². The zero-order valence-corrected chi connectivity index (χ0v) is 14.4. The molecule has 0 bridgehead atoms. The Bertz CT molecular complexity index is 994. The lowest BCUT2D eigenvalue weighted by Crippen LogP contribution is -2.52. The van der Waals surface area contributed by atoms with Gasteiger partial charge in [-0.3, -0.25) is 14.9 Å². The van der Waals surface area contributed by atoms with Crippen LogP contribution >= 0.6 is 11.6 Å². The molecule has 2 heterocycles. The highest BCUT2D eigenvalue weighted by Crippen LogP contribution is 2.45. The van der Waals surface area contributed by atoms with E-state index in [0.29, 0.717) is 27.4 Å². The summed E-state index contributed by atoms with van der Waals surface area (Å²) in [5.41, 5.74) is 0.173. The van der Waals surface area contributed by atoms with Crippen LogP contribution in [-0.2, 0) is 21.7 Å². The van der Waals surface area contributed by atoms with Crippen molar-refractivity contribution in [3.05, 3.63) is 63.9 Å². The largest absolute Gasteiger partial charge is 0.323 e. The van der Waals surface area contributed by atoms with Crippen molar-refractivity contribution in [2.45, 2.75) is 19.0 Å². The van der Waals surface area contributed by atoms with E-state index < -0.39 is 29.2 Å². The molecule has 6 nitrogen and oxygen atoms in total. The number of aryl methyl sites for hydroxylation is 1. The standard InChI is InChI=1S/C18H13ClFN3O3/c1-9-5-11(19)7-13-14(9)23(8-10-3-2-4-12(20)6-10)16(25)18(13)15(24)21-17(26)22-18/h2-7H,8H2,1H3,(H2,21,22,24,26)/t18-/m1/s1. The highest BCUT2D eigenvalue weighted by atomic mass is 35.5. The van der Waals surface area contributed by atoms with E-state index in [9.17, 15) is 18.8 Å². The van der Waals surface area contributed by atoms with E-state index in [4.69, 9.17) is 11.6 Å². The number of nitrogens with zero attached hydrogens (tertiary/aromatic N) is 1. The fourth-order valence-electron chi connectivity index (χ4n) is 3.56. The molecule has 0 unspecified atom stereocenters. The quantitative estimate of drug-likeness (QED) is 0.626. The Labute approximate surface area is 152 Å². The van der Waals surface area contributed by atoms with Crippen LogP contribution in [0, 0.1) is 12.7 Å². The number of halogens is 2. The minimum atomic E-state index is -1.85. The van der Waals surface area contributed by atoms with E-state index in [1.54, 1.807) is 25.1 Å². The minimum absolute atomic E-state index is 0.0525. The van der Waals surface area contributed by atoms with Gasteiger partial charge in [0.05, 0.1) is 12.2 Å². The van der Waals surface area contributed by atoms with Gasteiger partial charge < -0.3 is 10.2 Å². The van der Waals surface area contributed by atoms with Crippen LogP contribution < -0.4 is 15.5 Å². The lowest BCUT2D eigenvalue weighted by atomic mass is 9.90. The van der Waals surface area contributed by atoms with Gasteiger partial charge in [-0.2, -0.15) is 0 Å². The Morgan fingerprint density at radius 1 is 1.19 bits per heavy atom. The number of hydrogen-bond donors (Lipinski definition) is 2. The van der Waals surface area contributed by atoms with Gasteiger partial charge in [-0.1, -0.05) is 23.7 Å². The molecule has 1 saturated heterocycles. The number of fused-ring (bicyclic) bond motifs is 2. The summed E-state index contributed by atoms with van der Waals surface area (Å²) >= 11 is 6.13. The molecule has 1 spiro atoms. The molecule has 2 aliphatic rings. The van der Waals surface area contributed by atoms with Crippen LogP contribution in [0.5, 0.6) is 0 Å². The average molecular weight is 374 g/mol. The monoisotopic (exact) mass is 373 g/mol. The van der Waals surface area contributed by atoms with Gasteiger partial charge in [0.25, 0.3) is 11.8 Å². The molecule has 26 heavy (non-hydrogen) atoms. The zero-order chi connectivity index (χ0) is 18.6. The molecule has 4 amide bonds. The summed E-state index contributed by atoms with van der Waals surface area (Å²) in [6.45, 7) is 1.81. The van der Waals surface area contributed by atoms with Crippen LogP contribution in [0.1, 0.15) is 16.7 Å². The summed E-state index contributed by atoms with van der Waals surface area (Å²) < 4.78 is 13.5. The van der Waals surface area contributed by atoms with E-state index in [1.807, 2.05) is 0 Å². The number of benzene rings is 2. The third-order valence-electron chi connectivity index (χ3n) is 4.60. The Morgan fingerprint density at radius 2 is 1.96 bits per heavy atom. The molecule has 0 aromatic heterocycles. The Kier molecular flexibility index (Phi) is 3.52. The van der Waals surface area contributed by atoms with Crippen LogP contribution in [-0.4, -0.2) is 17.8 Å². The molecule has 2 N–H and O–H groups in total. The molecular formula is C18H13ClFN3O3. The summed E-state index contributed by atoms with van der Waals surface area (Å²) in [6, 6.07) is 8.26. The number of carbonyl (C=O) groups is 3. The third-order valence-corrected chi connectivity index (χ3v) is 4.82. The first-order valence-corrected chi connectivity index (χ1v) is 8.21. The topological polar surface area (TPSA) is 78.5 Å². The first-order valence-electron chi connectivity index (χ1n) is 7.83. The van der Waals surface area contributed by atoms with Crippen LogP contribution in [0.4, 0.5) is 14.9 Å². The zero-order valence-electron chi connectivity index (χ0n) is 13.6. The molecule has 0 aliphatic carbocycles. The maximum atomic E-state index is 13.5. The maximum absolute atomic E-state index is 13.5. The maximum Gasteiger partial charge on any atom is 0.323 e. The first kappa shape index (κ1) is 16.5. The molecule has 0 radical (unpaired) electrons. The second-order valence-electron chi connectivity index (χ2n) is 6.30. The second-order valence-corrected chi connectivity index (χ2v) is 6.73. The number of rotatable bonds is 2. The summed E-state index contributed by atoms with van der Waals surface area (Å²) in [5.74, 6) is -1.79. The van der Waals surface area contributed by atoms with Crippen molar-refractivity contribution in [1.29, 1.82) is 0 Å². The molecule has 2 aromatic rings. The van der Waals surface area contributed by atoms with Crippen molar-refractivity contribution in [2.24, 2.45) is 0 Å². The highest BCUT2D eigenvalue weighted by molar-refractivity contribution is 6.32. The molecule has 8 heteroatoms. The molecular weight excluding hydrogens is 361 g/mol. The molecule has 1 atom stereocenters. The van der Waals surface area contributed by atoms with Gasteiger partial charge >= 0.3 is 6.03 Å². The minimum Gasteiger partial charge on any atom is -0.312 e. The van der Waals surface area contributed by atoms with Gasteiger partial charge in [0, 0.05) is 10.6 Å². The van der Waals surface area contributed by atoms with Gasteiger partial charge in [0.15, 0.2) is 0 Å². The normalized spacial score (nSPS) is 21.2. The van der Waals surface area contributed by atoms with Crippen LogP contribution in [0.2, 0.25) is 5.02 Å². The fraction of sp³-hybridized carbons (Fsp3) is 0.167. The summed E-state index contributed by atoms with van der Waals surface area (Å²) in [4.78, 5) is 38.8. The first-order chi connectivity index (χ1) is 12.3. The van der Waals surface area contributed by atoms with Gasteiger partial charge in [-0.25, -0.2) is 9.18 Å². The van der Waals surface area contributed by atoms with Crippen molar-refractivity contribution in [1.82, 2.24) is 10.6 Å². The molecule has 4 rings (SSSR count). The highest BCUT2D eigenvalue weighted by Gasteiger charge is 2.61. The van der Waals surface area contributed by atoms with E-state index in [0.717, 1.165) is 0 Å². The van der Waals surface area contributed by atoms with E-state index in [-0.39, 0.29) is 6.54 Å². The SMILES string of the molecule is Cc1cc(Cl)cc2c1N(Cc1cccc(F)c1)C(=O)[C@@]21NC(=O)NC1=O. The van der Waals surface area contributed by atoms with Crippen LogP contribution in [0.25, 0.3) is 0 Å². The smallest absolute Gasteiger partial charge is 0.312 e. The van der Waals surface area contributed by atoms with Crippen molar-refractivity contribution in [3.8, 4) is 0 Å². The summed E-state index contributed by atoms with van der Waals surface area (Å²) in [5, 5.41) is 4.90. The average Bonchev–Trinajstić information content (AvgIpc) is 2.98. The summed E-state index contributed by atoms with van der Waals surface area (Å²) in [7, 11) is 0. The number of nitrogens with one attached hydrogen (secondary N) is 2. The number of hydrogen-bond acceptors (Lipinski definition) is 3. The Hall–Kier alpha value is -2.93. The molecule has 2 aliphatic heterocycles. The Balaban J connectivity index is 1.89. The lowest BCUT2D eigenvalue weighted by Gasteiger charge is -2.21. The molecule has 1 fully saturated rings. The van der Waals surface area contributed by atoms with Crippen molar-refractivity contribution in [2.75, 3.05) is 4.90 Å².